The van der Waals surface area contributed by atoms with Crippen molar-refractivity contribution in [1.29, 1.82) is 0 Å². The zero-order valence-corrected chi connectivity index (χ0v) is 9.35. The Bertz CT molecular complexity index is 498. The van der Waals surface area contributed by atoms with Gasteiger partial charge >= 0.3 is 0 Å². The third-order valence-corrected chi connectivity index (χ3v) is 3.43. The summed E-state index contributed by atoms with van der Waals surface area (Å²) >= 11 is 0. The Hall–Kier alpha value is -1.49. The predicted molar refractivity (Wildman–Crippen MR) is 60.2 cm³/mol. The molecule has 2 aromatic heterocycles. The second kappa shape index (κ2) is 3.52. The summed E-state index contributed by atoms with van der Waals surface area (Å²) in [6.45, 7) is 4.33. The molecule has 0 spiro atoms. The van der Waals surface area contributed by atoms with Crippen LogP contribution in [0.3, 0.4) is 0 Å². The zero-order chi connectivity index (χ0) is 11.0. The molecule has 0 aliphatic carbocycles. The highest BCUT2D eigenvalue weighted by Crippen LogP contribution is 2.31. The Kier molecular flexibility index (Phi) is 2.14. The van der Waals surface area contributed by atoms with Crippen LogP contribution in [0.1, 0.15) is 25.6 Å². The van der Waals surface area contributed by atoms with E-state index in [-0.39, 0.29) is 5.41 Å². The van der Waals surface area contributed by atoms with Crippen LogP contribution >= 0.6 is 0 Å². The second-order valence-corrected chi connectivity index (χ2v) is 4.63. The molecule has 1 N–H and O–H groups in total. The molecule has 0 atom stereocenters. The standard InChI is InChI=1S/C11H15N5/c1-11(4-7-12-8-5-11)10-15-14-9-3-2-6-13-16(9)10/h2-3,6,12H,4-5,7-8H2,1H3. The monoisotopic (exact) mass is 217 g/mol. The third-order valence-electron chi connectivity index (χ3n) is 3.43. The summed E-state index contributed by atoms with van der Waals surface area (Å²) < 4.78 is 1.87. The van der Waals surface area contributed by atoms with Crippen molar-refractivity contribution in [2.45, 2.75) is 25.2 Å². The van der Waals surface area contributed by atoms with Gasteiger partial charge in [0.1, 0.15) is 0 Å². The molecule has 3 heterocycles. The first-order valence-corrected chi connectivity index (χ1v) is 5.67. The average molecular weight is 217 g/mol. The highest BCUT2D eigenvalue weighted by atomic mass is 15.4. The number of hydrogen-bond donors (Lipinski definition) is 1. The van der Waals surface area contributed by atoms with Crippen molar-refractivity contribution in [1.82, 2.24) is 25.1 Å². The Morgan fingerprint density at radius 1 is 1.31 bits per heavy atom. The molecule has 1 saturated heterocycles. The lowest BCUT2D eigenvalue weighted by Gasteiger charge is -2.31. The van der Waals surface area contributed by atoms with Crippen molar-refractivity contribution in [2.24, 2.45) is 0 Å². The second-order valence-electron chi connectivity index (χ2n) is 4.63. The summed E-state index contributed by atoms with van der Waals surface area (Å²) in [6.07, 6.45) is 3.96. The molecule has 5 heteroatoms. The van der Waals surface area contributed by atoms with E-state index in [1.54, 1.807) is 6.20 Å². The molecule has 0 unspecified atom stereocenters. The van der Waals surface area contributed by atoms with Crippen LogP contribution in [-0.4, -0.2) is 32.9 Å². The molecule has 1 aliphatic heterocycles. The van der Waals surface area contributed by atoms with Crippen LogP contribution in [0.4, 0.5) is 0 Å². The molecule has 84 valence electrons. The molecule has 1 fully saturated rings. The van der Waals surface area contributed by atoms with Crippen molar-refractivity contribution in [3.63, 3.8) is 0 Å². The maximum Gasteiger partial charge on any atom is 0.177 e. The van der Waals surface area contributed by atoms with E-state index in [1.165, 1.54) is 0 Å². The normalized spacial score (nSPS) is 20.1. The topological polar surface area (TPSA) is 55.1 Å². The van der Waals surface area contributed by atoms with Gasteiger partial charge in [-0.25, -0.2) is 0 Å². The highest BCUT2D eigenvalue weighted by molar-refractivity contribution is 5.36. The molecular formula is C11H15N5. The van der Waals surface area contributed by atoms with Crippen LogP contribution in [0.25, 0.3) is 5.65 Å². The summed E-state index contributed by atoms with van der Waals surface area (Å²) in [5.74, 6) is 0.990. The van der Waals surface area contributed by atoms with Gasteiger partial charge < -0.3 is 5.32 Å². The first kappa shape index (κ1) is 9.72. The van der Waals surface area contributed by atoms with E-state index in [0.29, 0.717) is 0 Å². The summed E-state index contributed by atoms with van der Waals surface area (Å²) in [7, 11) is 0. The van der Waals surface area contributed by atoms with Gasteiger partial charge in [-0.15, -0.1) is 10.2 Å². The number of piperidine rings is 1. The SMILES string of the molecule is CC1(c2nnc3cccnn23)CCNCC1. The van der Waals surface area contributed by atoms with Crippen LogP contribution in [-0.2, 0) is 5.41 Å². The van der Waals surface area contributed by atoms with Crippen LogP contribution < -0.4 is 5.32 Å². The van der Waals surface area contributed by atoms with Gasteiger partial charge in [0, 0.05) is 11.6 Å². The Morgan fingerprint density at radius 3 is 2.94 bits per heavy atom. The molecule has 0 saturated carbocycles. The minimum atomic E-state index is 0.0962. The van der Waals surface area contributed by atoms with Gasteiger partial charge in [-0.2, -0.15) is 9.61 Å². The van der Waals surface area contributed by atoms with Gasteiger partial charge in [0.25, 0.3) is 0 Å². The summed E-state index contributed by atoms with van der Waals surface area (Å²) in [5, 5.41) is 16.2. The van der Waals surface area contributed by atoms with Crippen LogP contribution in [0, 0.1) is 0 Å². The summed E-state index contributed by atoms with van der Waals surface area (Å²) in [4.78, 5) is 0. The molecular weight excluding hydrogens is 202 g/mol. The highest BCUT2D eigenvalue weighted by Gasteiger charge is 2.33. The van der Waals surface area contributed by atoms with Crippen molar-refractivity contribution < 1.29 is 0 Å². The molecule has 0 radical (unpaired) electrons. The van der Waals surface area contributed by atoms with E-state index >= 15 is 0 Å². The van der Waals surface area contributed by atoms with E-state index < -0.39 is 0 Å². The molecule has 0 aromatic carbocycles. The molecule has 5 nitrogen and oxygen atoms in total. The van der Waals surface area contributed by atoms with E-state index in [9.17, 15) is 0 Å². The Labute approximate surface area is 93.9 Å². The number of hydrogen-bond acceptors (Lipinski definition) is 4. The van der Waals surface area contributed by atoms with E-state index in [1.807, 2.05) is 16.6 Å². The van der Waals surface area contributed by atoms with Gasteiger partial charge in [-0.3, -0.25) is 0 Å². The fourth-order valence-corrected chi connectivity index (χ4v) is 2.32. The molecule has 1 aliphatic rings. The quantitative estimate of drug-likeness (QED) is 0.766. The lowest BCUT2D eigenvalue weighted by Crippen LogP contribution is -2.39. The fourth-order valence-electron chi connectivity index (χ4n) is 2.32. The van der Waals surface area contributed by atoms with Crippen LogP contribution in [0.15, 0.2) is 18.3 Å². The Balaban J connectivity index is 2.11. The van der Waals surface area contributed by atoms with Crippen LogP contribution in [0.2, 0.25) is 0 Å². The molecule has 3 rings (SSSR count). The number of nitrogens with one attached hydrogen (secondary N) is 1. The minimum Gasteiger partial charge on any atom is -0.317 e. The first-order chi connectivity index (χ1) is 7.80. The van der Waals surface area contributed by atoms with Gasteiger partial charge in [0.05, 0.1) is 0 Å². The van der Waals surface area contributed by atoms with Crippen molar-refractivity contribution in [3.05, 3.63) is 24.2 Å². The van der Waals surface area contributed by atoms with Gasteiger partial charge in [-0.05, 0) is 38.1 Å². The maximum atomic E-state index is 4.33. The van der Waals surface area contributed by atoms with Gasteiger partial charge in [0.2, 0.25) is 0 Å². The minimum absolute atomic E-state index is 0.0962. The van der Waals surface area contributed by atoms with E-state index in [4.69, 9.17) is 0 Å². The molecule has 0 amide bonds. The largest absolute Gasteiger partial charge is 0.317 e. The smallest absolute Gasteiger partial charge is 0.177 e. The number of rotatable bonds is 1. The molecule has 16 heavy (non-hydrogen) atoms. The van der Waals surface area contributed by atoms with E-state index in [2.05, 4.69) is 27.5 Å². The van der Waals surface area contributed by atoms with Crippen molar-refractivity contribution >= 4 is 5.65 Å². The Morgan fingerprint density at radius 2 is 2.12 bits per heavy atom. The lowest BCUT2D eigenvalue weighted by molar-refractivity contribution is 0.313. The summed E-state index contributed by atoms with van der Waals surface area (Å²) in [5.41, 5.74) is 0.927. The zero-order valence-electron chi connectivity index (χ0n) is 9.35. The summed E-state index contributed by atoms with van der Waals surface area (Å²) in [6, 6.07) is 3.83. The average Bonchev–Trinajstić information content (AvgIpc) is 2.74. The van der Waals surface area contributed by atoms with Crippen molar-refractivity contribution in [3.8, 4) is 0 Å². The molecule has 0 bridgehead atoms. The maximum absolute atomic E-state index is 4.33. The predicted octanol–water partition coefficient (Wildman–Crippen LogP) is 0.765. The van der Waals surface area contributed by atoms with Crippen molar-refractivity contribution in [2.75, 3.05) is 13.1 Å². The van der Waals surface area contributed by atoms with Crippen LogP contribution in [0.5, 0.6) is 0 Å². The number of fused-ring (bicyclic) bond motifs is 1. The first-order valence-electron chi connectivity index (χ1n) is 5.67. The van der Waals surface area contributed by atoms with Gasteiger partial charge in [-0.1, -0.05) is 6.92 Å². The molecule has 2 aromatic rings. The third kappa shape index (κ3) is 1.39. The number of nitrogens with zero attached hydrogens (tertiary/aromatic N) is 4. The van der Waals surface area contributed by atoms with Gasteiger partial charge in [0.15, 0.2) is 11.5 Å². The number of aromatic nitrogens is 4. The lowest BCUT2D eigenvalue weighted by atomic mass is 9.80. The fraction of sp³-hybridized carbons (Fsp3) is 0.545. The van der Waals surface area contributed by atoms with E-state index in [0.717, 1.165) is 37.4 Å².